The SMILES string of the molecule is CCCN(C1CCNCC1)S(=O)(=O)c1cnc2n1CCC2. The number of rotatable bonds is 5. The number of piperidine rings is 1. The van der Waals surface area contributed by atoms with Crippen molar-refractivity contribution in [3.8, 4) is 0 Å². The second kappa shape index (κ2) is 6.06. The van der Waals surface area contributed by atoms with Crippen molar-refractivity contribution >= 4 is 10.0 Å². The zero-order chi connectivity index (χ0) is 14.9. The van der Waals surface area contributed by atoms with Gasteiger partial charge in [0.05, 0.1) is 6.20 Å². The number of nitrogens with zero attached hydrogens (tertiary/aromatic N) is 3. The van der Waals surface area contributed by atoms with E-state index in [0.717, 1.165) is 57.6 Å². The van der Waals surface area contributed by atoms with Crippen LogP contribution in [0.4, 0.5) is 0 Å². The minimum absolute atomic E-state index is 0.115. The summed E-state index contributed by atoms with van der Waals surface area (Å²) in [5, 5.41) is 3.69. The van der Waals surface area contributed by atoms with Gasteiger partial charge in [-0.1, -0.05) is 6.92 Å². The lowest BCUT2D eigenvalue weighted by Crippen LogP contribution is -2.46. The molecule has 1 aromatic rings. The van der Waals surface area contributed by atoms with Crippen molar-refractivity contribution in [2.45, 2.75) is 56.6 Å². The standard InChI is InChI=1S/C14H24N4O2S/c1-2-9-18(12-5-7-15-8-6-12)21(19,20)14-11-16-13-4-3-10-17(13)14/h11-12,15H,2-10H2,1H3. The molecule has 0 aliphatic carbocycles. The van der Waals surface area contributed by atoms with Crippen LogP contribution in [0.15, 0.2) is 11.2 Å². The lowest BCUT2D eigenvalue weighted by Gasteiger charge is -2.33. The van der Waals surface area contributed by atoms with E-state index in [9.17, 15) is 8.42 Å². The first kappa shape index (κ1) is 15.0. The van der Waals surface area contributed by atoms with E-state index in [1.807, 2.05) is 11.5 Å². The smallest absolute Gasteiger partial charge is 0.260 e. The molecular formula is C14H24N4O2S. The first-order valence-corrected chi connectivity index (χ1v) is 9.35. The number of aryl methyl sites for hydroxylation is 1. The lowest BCUT2D eigenvalue weighted by atomic mass is 10.1. The van der Waals surface area contributed by atoms with Crippen LogP contribution in [0, 0.1) is 0 Å². The lowest BCUT2D eigenvalue weighted by molar-refractivity contribution is 0.261. The molecule has 118 valence electrons. The molecule has 2 aliphatic rings. The number of aromatic nitrogens is 2. The Labute approximate surface area is 126 Å². The largest absolute Gasteiger partial charge is 0.318 e. The van der Waals surface area contributed by atoms with Crippen LogP contribution in [0.1, 0.15) is 38.4 Å². The number of imidazole rings is 1. The van der Waals surface area contributed by atoms with Gasteiger partial charge in [-0.25, -0.2) is 13.4 Å². The molecule has 21 heavy (non-hydrogen) atoms. The van der Waals surface area contributed by atoms with Gasteiger partial charge in [-0.05, 0) is 38.8 Å². The van der Waals surface area contributed by atoms with Crippen molar-refractivity contribution in [3.63, 3.8) is 0 Å². The van der Waals surface area contributed by atoms with E-state index in [1.165, 1.54) is 0 Å². The molecule has 2 aliphatic heterocycles. The molecule has 0 atom stereocenters. The van der Waals surface area contributed by atoms with Crippen LogP contribution in [-0.2, 0) is 23.0 Å². The van der Waals surface area contributed by atoms with E-state index in [-0.39, 0.29) is 6.04 Å². The third-order valence-electron chi connectivity index (χ3n) is 4.42. The molecule has 6 nitrogen and oxygen atoms in total. The van der Waals surface area contributed by atoms with Crippen molar-refractivity contribution in [2.75, 3.05) is 19.6 Å². The summed E-state index contributed by atoms with van der Waals surface area (Å²) in [5.41, 5.74) is 0. The Morgan fingerprint density at radius 2 is 2.19 bits per heavy atom. The van der Waals surface area contributed by atoms with Gasteiger partial charge in [0.1, 0.15) is 5.82 Å². The number of hydrogen-bond donors (Lipinski definition) is 1. The summed E-state index contributed by atoms with van der Waals surface area (Å²) in [5.74, 6) is 0.912. The molecular weight excluding hydrogens is 288 g/mol. The highest BCUT2D eigenvalue weighted by Crippen LogP contribution is 2.26. The van der Waals surface area contributed by atoms with E-state index in [4.69, 9.17) is 0 Å². The fraction of sp³-hybridized carbons (Fsp3) is 0.786. The summed E-state index contributed by atoms with van der Waals surface area (Å²) in [7, 11) is -3.44. The highest BCUT2D eigenvalue weighted by molar-refractivity contribution is 7.89. The molecule has 0 saturated carbocycles. The summed E-state index contributed by atoms with van der Waals surface area (Å²) in [6.07, 6.45) is 6.04. The van der Waals surface area contributed by atoms with E-state index in [1.54, 1.807) is 10.5 Å². The fourth-order valence-electron chi connectivity index (χ4n) is 3.37. The second-order valence-corrected chi connectivity index (χ2v) is 7.70. The van der Waals surface area contributed by atoms with Gasteiger partial charge < -0.3 is 9.88 Å². The number of hydrogen-bond acceptors (Lipinski definition) is 4. The maximum atomic E-state index is 13.1. The van der Waals surface area contributed by atoms with Crippen molar-refractivity contribution < 1.29 is 8.42 Å². The molecule has 3 heterocycles. The van der Waals surface area contributed by atoms with Gasteiger partial charge in [-0.2, -0.15) is 4.31 Å². The normalized spacial score (nSPS) is 20.1. The Kier molecular flexibility index (Phi) is 4.33. The minimum Gasteiger partial charge on any atom is -0.318 e. The zero-order valence-corrected chi connectivity index (χ0v) is 13.4. The molecule has 0 bridgehead atoms. The maximum Gasteiger partial charge on any atom is 0.260 e. The summed E-state index contributed by atoms with van der Waals surface area (Å²) in [6, 6.07) is 0.115. The van der Waals surface area contributed by atoms with Gasteiger partial charge in [-0.3, -0.25) is 0 Å². The van der Waals surface area contributed by atoms with Crippen LogP contribution < -0.4 is 5.32 Å². The Hall–Kier alpha value is -0.920. The highest BCUT2D eigenvalue weighted by Gasteiger charge is 2.35. The summed E-state index contributed by atoms with van der Waals surface area (Å²) >= 11 is 0. The van der Waals surface area contributed by atoms with E-state index in [2.05, 4.69) is 10.3 Å². The average molecular weight is 312 g/mol. The van der Waals surface area contributed by atoms with Crippen LogP contribution >= 0.6 is 0 Å². The Bertz CT molecular complexity index is 590. The van der Waals surface area contributed by atoms with Crippen molar-refractivity contribution in [3.05, 3.63) is 12.0 Å². The zero-order valence-electron chi connectivity index (χ0n) is 12.6. The van der Waals surface area contributed by atoms with Crippen LogP contribution in [0.5, 0.6) is 0 Å². The molecule has 3 rings (SSSR count). The van der Waals surface area contributed by atoms with Gasteiger partial charge in [0.15, 0.2) is 5.03 Å². The van der Waals surface area contributed by atoms with Crippen molar-refractivity contribution in [1.82, 2.24) is 19.2 Å². The predicted molar refractivity (Wildman–Crippen MR) is 80.6 cm³/mol. The topological polar surface area (TPSA) is 67.2 Å². The second-order valence-electron chi connectivity index (χ2n) is 5.86. The maximum absolute atomic E-state index is 13.1. The van der Waals surface area contributed by atoms with E-state index >= 15 is 0 Å². The van der Waals surface area contributed by atoms with Crippen LogP contribution in [0.3, 0.4) is 0 Å². The quantitative estimate of drug-likeness (QED) is 0.880. The molecule has 0 aromatic carbocycles. The Morgan fingerprint density at radius 3 is 2.90 bits per heavy atom. The van der Waals surface area contributed by atoms with Gasteiger partial charge in [0.25, 0.3) is 10.0 Å². The molecule has 0 amide bonds. The summed E-state index contributed by atoms with van der Waals surface area (Å²) in [4.78, 5) is 4.30. The number of fused-ring (bicyclic) bond motifs is 1. The molecule has 1 aromatic heterocycles. The Balaban J connectivity index is 1.92. The third-order valence-corrected chi connectivity index (χ3v) is 6.37. The molecule has 7 heteroatoms. The first-order chi connectivity index (χ1) is 10.1. The van der Waals surface area contributed by atoms with Crippen molar-refractivity contribution in [1.29, 1.82) is 0 Å². The minimum atomic E-state index is -3.44. The Morgan fingerprint density at radius 1 is 1.43 bits per heavy atom. The van der Waals surface area contributed by atoms with Gasteiger partial charge in [0.2, 0.25) is 0 Å². The predicted octanol–water partition coefficient (Wildman–Crippen LogP) is 0.982. The van der Waals surface area contributed by atoms with Crippen LogP contribution in [0.2, 0.25) is 0 Å². The molecule has 1 saturated heterocycles. The molecule has 1 fully saturated rings. The van der Waals surface area contributed by atoms with E-state index in [0.29, 0.717) is 11.6 Å². The van der Waals surface area contributed by atoms with E-state index < -0.39 is 10.0 Å². The van der Waals surface area contributed by atoms with Gasteiger partial charge in [-0.15, -0.1) is 0 Å². The number of sulfonamides is 1. The first-order valence-electron chi connectivity index (χ1n) is 7.91. The van der Waals surface area contributed by atoms with Crippen LogP contribution in [0.25, 0.3) is 0 Å². The third kappa shape index (κ3) is 2.74. The highest BCUT2D eigenvalue weighted by atomic mass is 32.2. The fourth-order valence-corrected chi connectivity index (χ4v) is 5.30. The van der Waals surface area contributed by atoms with Crippen LogP contribution in [-0.4, -0.2) is 48.0 Å². The monoisotopic (exact) mass is 312 g/mol. The van der Waals surface area contributed by atoms with Gasteiger partial charge >= 0.3 is 0 Å². The molecule has 1 N–H and O–H groups in total. The molecule has 0 spiro atoms. The molecule has 0 radical (unpaired) electrons. The average Bonchev–Trinajstić information content (AvgIpc) is 3.08. The number of nitrogens with one attached hydrogen (secondary N) is 1. The summed E-state index contributed by atoms with van der Waals surface area (Å²) < 4.78 is 29.8. The summed E-state index contributed by atoms with van der Waals surface area (Å²) in [6.45, 7) is 5.18. The van der Waals surface area contributed by atoms with Gasteiger partial charge in [0, 0.05) is 25.6 Å². The van der Waals surface area contributed by atoms with Crippen molar-refractivity contribution in [2.24, 2.45) is 0 Å². The molecule has 0 unspecified atom stereocenters.